The Morgan fingerprint density at radius 2 is 1.65 bits per heavy atom. The predicted octanol–water partition coefficient (Wildman–Crippen LogP) is 2.35. The molecule has 0 aromatic heterocycles. The SMILES string of the molecule is CN(C)S(=O)(=O)c1ccc(C(=O)Nc2ccc3c(c2)OCCCO3)cc1. The largest absolute Gasteiger partial charge is 0.490 e. The number of fused-ring (bicyclic) bond motifs is 1. The highest BCUT2D eigenvalue weighted by Gasteiger charge is 2.18. The van der Waals surface area contributed by atoms with Crippen molar-refractivity contribution in [2.75, 3.05) is 32.6 Å². The lowest BCUT2D eigenvalue weighted by Gasteiger charge is -2.12. The summed E-state index contributed by atoms with van der Waals surface area (Å²) in [6, 6.07) is 11.0. The molecule has 0 fully saturated rings. The number of ether oxygens (including phenoxy) is 2. The van der Waals surface area contributed by atoms with Gasteiger partial charge >= 0.3 is 0 Å². The van der Waals surface area contributed by atoms with Gasteiger partial charge in [0.2, 0.25) is 10.0 Å². The summed E-state index contributed by atoms with van der Waals surface area (Å²) >= 11 is 0. The molecule has 3 rings (SSSR count). The summed E-state index contributed by atoms with van der Waals surface area (Å²) in [6.45, 7) is 1.16. The molecule has 0 spiro atoms. The summed E-state index contributed by atoms with van der Waals surface area (Å²) in [7, 11) is -0.604. The lowest BCUT2D eigenvalue weighted by atomic mass is 10.2. The van der Waals surface area contributed by atoms with E-state index < -0.39 is 10.0 Å². The Hall–Kier alpha value is -2.58. The molecule has 2 aromatic rings. The molecule has 1 heterocycles. The average Bonchev–Trinajstić information content (AvgIpc) is 2.86. The Balaban J connectivity index is 1.75. The number of anilines is 1. The molecule has 0 bridgehead atoms. The molecule has 0 unspecified atom stereocenters. The second-order valence-corrected chi connectivity index (χ2v) is 8.13. The van der Waals surface area contributed by atoms with Crippen molar-refractivity contribution >= 4 is 21.6 Å². The first-order valence-electron chi connectivity index (χ1n) is 8.11. The minimum Gasteiger partial charge on any atom is -0.490 e. The normalized spacial score (nSPS) is 14.0. The Morgan fingerprint density at radius 1 is 1.00 bits per heavy atom. The topological polar surface area (TPSA) is 84.9 Å². The number of nitrogens with one attached hydrogen (secondary N) is 1. The molecule has 0 saturated carbocycles. The number of sulfonamides is 1. The van der Waals surface area contributed by atoms with Crippen molar-refractivity contribution < 1.29 is 22.7 Å². The fourth-order valence-corrected chi connectivity index (χ4v) is 3.34. The minimum atomic E-state index is -3.52. The van der Waals surface area contributed by atoms with Crippen molar-refractivity contribution in [3.05, 3.63) is 48.0 Å². The molecular formula is C18H20N2O5S. The first-order valence-corrected chi connectivity index (χ1v) is 9.55. The van der Waals surface area contributed by atoms with Crippen molar-refractivity contribution in [2.24, 2.45) is 0 Å². The highest BCUT2D eigenvalue weighted by Crippen LogP contribution is 2.32. The molecule has 8 heteroatoms. The number of amides is 1. The lowest BCUT2D eigenvalue weighted by molar-refractivity contribution is 0.102. The molecule has 1 amide bonds. The van der Waals surface area contributed by atoms with Crippen LogP contribution in [0.1, 0.15) is 16.8 Å². The van der Waals surface area contributed by atoms with E-state index in [9.17, 15) is 13.2 Å². The van der Waals surface area contributed by atoms with Crippen LogP contribution in [0.3, 0.4) is 0 Å². The molecule has 1 aliphatic heterocycles. The van der Waals surface area contributed by atoms with Crippen LogP contribution in [-0.2, 0) is 10.0 Å². The van der Waals surface area contributed by atoms with Crippen LogP contribution in [0.2, 0.25) is 0 Å². The van der Waals surface area contributed by atoms with Crippen LogP contribution in [0.15, 0.2) is 47.4 Å². The third-order valence-corrected chi connectivity index (χ3v) is 5.73. The Labute approximate surface area is 152 Å². The maximum atomic E-state index is 12.4. The summed E-state index contributed by atoms with van der Waals surface area (Å²) < 4.78 is 36.4. The zero-order valence-corrected chi connectivity index (χ0v) is 15.4. The number of benzene rings is 2. The molecule has 2 aromatic carbocycles. The summed E-state index contributed by atoms with van der Waals surface area (Å²) in [4.78, 5) is 12.5. The van der Waals surface area contributed by atoms with Gasteiger partial charge < -0.3 is 14.8 Å². The number of hydrogen-bond donors (Lipinski definition) is 1. The zero-order chi connectivity index (χ0) is 18.7. The second kappa shape index (κ2) is 7.35. The minimum absolute atomic E-state index is 0.134. The maximum absolute atomic E-state index is 12.4. The van der Waals surface area contributed by atoms with Crippen LogP contribution in [-0.4, -0.2) is 45.9 Å². The van der Waals surface area contributed by atoms with Gasteiger partial charge in [0.15, 0.2) is 11.5 Å². The summed E-state index contributed by atoms with van der Waals surface area (Å²) in [5, 5.41) is 2.78. The van der Waals surface area contributed by atoms with Gasteiger partial charge in [-0.15, -0.1) is 0 Å². The first-order chi connectivity index (χ1) is 12.4. The summed E-state index contributed by atoms with van der Waals surface area (Å²) in [5.74, 6) is 0.903. The molecule has 7 nitrogen and oxygen atoms in total. The number of carbonyl (C=O) groups excluding carboxylic acids is 1. The fraction of sp³-hybridized carbons (Fsp3) is 0.278. The fourth-order valence-electron chi connectivity index (χ4n) is 2.43. The quantitative estimate of drug-likeness (QED) is 0.885. The standard InChI is InChI=1S/C18H20N2O5S/c1-20(2)26(22,23)15-7-4-13(5-8-15)18(21)19-14-6-9-16-17(12-14)25-11-3-10-24-16/h4-9,12H,3,10-11H2,1-2H3,(H,19,21). The van der Waals surface area contributed by atoms with Gasteiger partial charge in [-0.1, -0.05) is 0 Å². The number of carbonyl (C=O) groups is 1. The highest BCUT2D eigenvalue weighted by atomic mass is 32.2. The van der Waals surface area contributed by atoms with Gasteiger partial charge in [-0.2, -0.15) is 0 Å². The average molecular weight is 376 g/mol. The zero-order valence-electron chi connectivity index (χ0n) is 14.6. The van der Waals surface area contributed by atoms with Gasteiger partial charge in [0.05, 0.1) is 18.1 Å². The van der Waals surface area contributed by atoms with Crippen LogP contribution in [0.5, 0.6) is 11.5 Å². The van der Waals surface area contributed by atoms with Crippen molar-refractivity contribution in [3.63, 3.8) is 0 Å². The second-order valence-electron chi connectivity index (χ2n) is 5.98. The molecule has 26 heavy (non-hydrogen) atoms. The van der Waals surface area contributed by atoms with E-state index in [2.05, 4.69) is 5.32 Å². The Kier molecular flexibility index (Phi) is 5.15. The predicted molar refractivity (Wildman–Crippen MR) is 97.3 cm³/mol. The Morgan fingerprint density at radius 3 is 2.31 bits per heavy atom. The molecule has 138 valence electrons. The lowest BCUT2D eigenvalue weighted by Crippen LogP contribution is -2.22. The highest BCUT2D eigenvalue weighted by molar-refractivity contribution is 7.89. The smallest absolute Gasteiger partial charge is 0.255 e. The molecule has 0 radical (unpaired) electrons. The first kappa shape index (κ1) is 18.2. The third kappa shape index (κ3) is 3.81. The van der Waals surface area contributed by atoms with Gasteiger partial charge in [0, 0.05) is 37.8 Å². The van der Waals surface area contributed by atoms with Gasteiger partial charge in [-0.05, 0) is 36.4 Å². The van der Waals surface area contributed by atoms with E-state index in [1.807, 2.05) is 0 Å². The molecule has 0 atom stereocenters. The number of rotatable bonds is 4. The summed E-state index contributed by atoms with van der Waals surface area (Å²) in [5.41, 5.74) is 0.930. The van der Waals surface area contributed by atoms with E-state index in [1.165, 1.54) is 38.4 Å². The van der Waals surface area contributed by atoms with Crippen LogP contribution < -0.4 is 14.8 Å². The number of hydrogen-bond acceptors (Lipinski definition) is 5. The van der Waals surface area contributed by atoms with Gasteiger partial charge in [0.25, 0.3) is 5.91 Å². The monoisotopic (exact) mass is 376 g/mol. The van der Waals surface area contributed by atoms with Crippen molar-refractivity contribution in [1.82, 2.24) is 4.31 Å². The van der Waals surface area contributed by atoms with Crippen molar-refractivity contribution in [2.45, 2.75) is 11.3 Å². The van der Waals surface area contributed by atoms with Gasteiger partial charge in [0.1, 0.15) is 0 Å². The van der Waals surface area contributed by atoms with Crippen LogP contribution >= 0.6 is 0 Å². The van der Waals surface area contributed by atoms with E-state index in [0.717, 1.165) is 10.7 Å². The Bertz CT molecular complexity index is 908. The van der Waals surface area contributed by atoms with E-state index in [4.69, 9.17) is 9.47 Å². The van der Waals surface area contributed by atoms with E-state index in [-0.39, 0.29) is 10.8 Å². The van der Waals surface area contributed by atoms with Crippen molar-refractivity contribution in [3.8, 4) is 11.5 Å². The van der Waals surface area contributed by atoms with Gasteiger partial charge in [-0.3, -0.25) is 4.79 Å². The molecule has 0 aliphatic carbocycles. The van der Waals surface area contributed by atoms with E-state index in [1.54, 1.807) is 18.2 Å². The van der Waals surface area contributed by atoms with Gasteiger partial charge in [-0.25, -0.2) is 12.7 Å². The molecular weight excluding hydrogens is 356 g/mol. The maximum Gasteiger partial charge on any atom is 0.255 e. The third-order valence-electron chi connectivity index (χ3n) is 3.90. The van der Waals surface area contributed by atoms with Crippen molar-refractivity contribution in [1.29, 1.82) is 0 Å². The van der Waals surface area contributed by atoms with E-state index in [0.29, 0.717) is 36.0 Å². The van der Waals surface area contributed by atoms with Crippen LogP contribution in [0, 0.1) is 0 Å². The molecule has 0 saturated heterocycles. The summed E-state index contributed by atoms with van der Waals surface area (Å²) in [6.07, 6.45) is 0.804. The van der Waals surface area contributed by atoms with Crippen LogP contribution in [0.25, 0.3) is 0 Å². The molecule has 1 N–H and O–H groups in total. The number of nitrogens with zero attached hydrogens (tertiary/aromatic N) is 1. The molecule has 1 aliphatic rings. The van der Waals surface area contributed by atoms with E-state index >= 15 is 0 Å². The van der Waals surface area contributed by atoms with Crippen LogP contribution in [0.4, 0.5) is 5.69 Å².